The van der Waals surface area contributed by atoms with Gasteiger partial charge in [0, 0.05) is 45.8 Å². The average Bonchev–Trinajstić information content (AvgIpc) is 3.42. The number of fused-ring (bicyclic) bond motifs is 1. The first-order chi connectivity index (χ1) is 17.2. The summed E-state index contributed by atoms with van der Waals surface area (Å²) in [6.07, 6.45) is 4.99. The first-order valence-electron chi connectivity index (χ1n) is 11.8. The molecule has 0 bridgehead atoms. The molecule has 12 heteroatoms. The molecule has 37 heavy (non-hydrogen) atoms. The van der Waals surface area contributed by atoms with Crippen LogP contribution in [0, 0.1) is 0 Å². The Labute approximate surface area is 229 Å². The smallest absolute Gasteiger partial charge is 0.238 e. The number of carbonyl (C=O) groups excluding carboxylic acids is 1. The number of nitrogens with zero attached hydrogens (tertiary/aromatic N) is 3. The van der Waals surface area contributed by atoms with E-state index in [9.17, 15) is 13.2 Å². The van der Waals surface area contributed by atoms with Crippen molar-refractivity contribution in [1.82, 2.24) is 19.2 Å². The van der Waals surface area contributed by atoms with Crippen molar-refractivity contribution < 1.29 is 17.6 Å². The molecule has 2 radical (unpaired) electrons. The Balaban J connectivity index is 1.62. The van der Waals surface area contributed by atoms with E-state index in [2.05, 4.69) is 30.7 Å². The molecule has 3 aromatic heterocycles. The molecule has 4 heterocycles. The highest BCUT2D eigenvalue weighted by Gasteiger charge is 2.45. The number of aromatic amines is 1. The van der Waals surface area contributed by atoms with Gasteiger partial charge in [-0.15, -0.1) is 11.3 Å². The Bertz CT molecular complexity index is 1380. The number of nitrogens with one attached hydrogen (secondary N) is 1. The lowest BCUT2D eigenvalue weighted by Gasteiger charge is -2.47. The molecular formula is C25H31ClN4O4S2Si. The summed E-state index contributed by atoms with van der Waals surface area (Å²) in [4.78, 5) is 23.5. The fourth-order valence-electron chi connectivity index (χ4n) is 4.07. The second-order valence-electron chi connectivity index (χ2n) is 10.6. The number of piperazine rings is 1. The lowest BCUT2D eigenvalue weighted by molar-refractivity contribution is -0.145. The molecule has 0 saturated carbocycles. The van der Waals surface area contributed by atoms with Crippen LogP contribution in [0.3, 0.4) is 0 Å². The summed E-state index contributed by atoms with van der Waals surface area (Å²) >= 11 is 7.26. The number of sulfonamides is 1. The Morgan fingerprint density at radius 1 is 1.27 bits per heavy atom. The summed E-state index contributed by atoms with van der Waals surface area (Å²) in [5.74, 6) is -0.278. The SMILES string of the molecule is CC(C)(C)[Si]OC(C)(C)[C@H]1CN(S(=O)(=O)C=Cc2ccc(Cl)s2)CC(=O)N1Cc1cc2cnccc2[nH]1. The van der Waals surface area contributed by atoms with Crippen LogP contribution in [0.15, 0.2) is 42.1 Å². The summed E-state index contributed by atoms with van der Waals surface area (Å²) in [6.45, 7) is 10.3. The number of thiophene rings is 1. The lowest BCUT2D eigenvalue weighted by Crippen LogP contribution is -2.64. The summed E-state index contributed by atoms with van der Waals surface area (Å²) < 4.78 is 34.7. The number of rotatable bonds is 8. The Morgan fingerprint density at radius 3 is 2.68 bits per heavy atom. The number of halogens is 1. The second kappa shape index (κ2) is 10.6. The van der Waals surface area contributed by atoms with E-state index >= 15 is 0 Å². The molecule has 0 unspecified atom stereocenters. The van der Waals surface area contributed by atoms with Crippen molar-refractivity contribution in [3.05, 3.63) is 57.0 Å². The topological polar surface area (TPSA) is 95.6 Å². The molecule has 0 aromatic carbocycles. The van der Waals surface area contributed by atoms with Crippen molar-refractivity contribution in [2.75, 3.05) is 13.1 Å². The van der Waals surface area contributed by atoms with Crippen LogP contribution in [0.1, 0.15) is 45.2 Å². The summed E-state index contributed by atoms with van der Waals surface area (Å²) in [7, 11) is -3.68. The van der Waals surface area contributed by atoms with Crippen molar-refractivity contribution in [2.45, 2.75) is 57.8 Å². The van der Waals surface area contributed by atoms with Crippen LogP contribution in [0.5, 0.6) is 0 Å². The van der Waals surface area contributed by atoms with Crippen molar-refractivity contribution >= 4 is 65.6 Å². The third-order valence-corrected chi connectivity index (χ3v) is 9.90. The Morgan fingerprint density at radius 2 is 2.03 bits per heavy atom. The maximum atomic E-state index is 13.5. The van der Waals surface area contributed by atoms with Gasteiger partial charge in [0.1, 0.15) is 0 Å². The van der Waals surface area contributed by atoms with E-state index in [-0.39, 0.29) is 33.8 Å². The number of carbonyl (C=O) groups is 1. The standard InChI is InChI=1S/C25H31ClN4O4S2Si/c1-24(2,3)37-34-25(4,5)21-15-29(36(32,33)11-9-19-6-7-22(26)35-19)16-23(31)30(21)14-18-12-17-13-27-10-8-20(17)28-18/h6-13,21,28H,14-16H2,1-5H3/t21-/m1/s1. The van der Waals surface area contributed by atoms with Crippen LogP contribution in [-0.2, 0) is 25.8 Å². The largest absolute Gasteiger partial charge is 0.410 e. The van der Waals surface area contributed by atoms with Crippen LogP contribution in [-0.4, -0.2) is 68.0 Å². The zero-order valence-electron chi connectivity index (χ0n) is 21.5. The minimum atomic E-state index is -3.86. The Hall–Kier alpha value is -2.02. The molecule has 1 amide bonds. The molecule has 3 aromatic rings. The van der Waals surface area contributed by atoms with Crippen LogP contribution in [0.4, 0.5) is 0 Å². The quantitative estimate of drug-likeness (QED) is 0.383. The van der Waals surface area contributed by atoms with Crippen LogP contribution < -0.4 is 0 Å². The van der Waals surface area contributed by atoms with E-state index < -0.39 is 21.7 Å². The van der Waals surface area contributed by atoms with E-state index in [0.29, 0.717) is 10.9 Å². The number of H-pyrrole nitrogens is 1. The molecule has 1 aliphatic rings. The molecule has 1 saturated heterocycles. The van der Waals surface area contributed by atoms with Gasteiger partial charge >= 0.3 is 0 Å². The van der Waals surface area contributed by atoms with Gasteiger partial charge in [0.2, 0.25) is 25.7 Å². The molecule has 4 rings (SSSR count). The number of hydrogen-bond donors (Lipinski definition) is 1. The number of aromatic nitrogens is 2. The molecule has 1 atom stereocenters. The minimum absolute atomic E-state index is 0.0680. The van der Waals surface area contributed by atoms with Gasteiger partial charge < -0.3 is 14.3 Å². The maximum absolute atomic E-state index is 13.5. The monoisotopic (exact) mass is 578 g/mol. The van der Waals surface area contributed by atoms with Gasteiger partial charge in [0.15, 0.2) is 0 Å². The van der Waals surface area contributed by atoms with E-state index in [1.54, 1.807) is 29.4 Å². The van der Waals surface area contributed by atoms with Gasteiger partial charge in [0.05, 0.1) is 29.1 Å². The molecule has 8 nitrogen and oxygen atoms in total. The predicted molar refractivity (Wildman–Crippen MR) is 150 cm³/mol. The van der Waals surface area contributed by atoms with Crippen molar-refractivity contribution in [1.29, 1.82) is 0 Å². The highest BCUT2D eigenvalue weighted by molar-refractivity contribution is 7.92. The predicted octanol–water partition coefficient (Wildman–Crippen LogP) is 4.92. The minimum Gasteiger partial charge on any atom is -0.410 e. The molecule has 0 spiro atoms. The summed E-state index contributed by atoms with van der Waals surface area (Å²) in [5.41, 5.74) is 0.980. The van der Waals surface area contributed by atoms with Gasteiger partial charge in [-0.2, -0.15) is 4.31 Å². The summed E-state index contributed by atoms with van der Waals surface area (Å²) in [5, 5.41) is 2.03. The highest BCUT2D eigenvalue weighted by Crippen LogP contribution is 2.31. The number of hydrogen-bond acceptors (Lipinski definition) is 6. The van der Waals surface area contributed by atoms with E-state index in [0.717, 1.165) is 26.9 Å². The summed E-state index contributed by atoms with van der Waals surface area (Å²) in [6, 6.07) is 6.81. The highest BCUT2D eigenvalue weighted by atomic mass is 35.5. The van der Waals surface area contributed by atoms with E-state index in [4.69, 9.17) is 16.0 Å². The van der Waals surface area contributed by atoms with Crippen LogP contribution in [0.25, 0.3) is 17.0 Å². The van der Waals surface area contributed by atoms with Crippen LogP contribution >= 0.6 is 22.9 Å². The molecule has 1 aliphatic heterocycles. The molecule has 198 valence electrons. The van der Waals surface area contributed by atoms with Gasteiger partial charge in [0.25, 0.3) is 0 Å². The normalized spacial score (nSPS) is 18.4. The number of amides is 1. The Kier molecular flexibility index (Phi) is 8.04. The van der Waals surface area contributed by atoms with Gasteiger partial charge in [-0.25, -0.2) is 8.42 Å². The zero-order chi connectivity index (χ0) is 27.0. The average molecular weight is 579 g/mol. The van der Waals surface area contributed by atoms with E-state index in [1.807, 2.05) is 26.0 Å². The molecule has 0 aliphatic carbocycles. The first kappa shape index (κ1) is 28.0. The van der Waals surface area contributed by atoms with Gasteiger partial charge in [-0.3, -0.25) is 9.78 Å². The second-order valence-corrected chi connectivity index (χ2v) is 16.1. The first-order valence-corrected chi connectivity index (χ1v) is 15.4. The molecule has 1 fully saturated rings. The van der Waals surface area contributed by atoms with E-state index in [1.165, 1.54) is 21.7 Å². The van der Waals surface area contributed by atoms with Gasteiger partial charge in [-0.1, -0.05) is 32.4 Å². The number of pyridine rings is 1. The zero-order valence-corrected chi connectivity index (χ0v) is 24.9. The molecular weight excluding hydrogens is 548 g/mol. The maximum Gasteiger partial charge on any atom is 0.238 e. The van der Waals surface area contributed by atoms with Crippen molar-refractivity contribution in [2.24, 2.45) is 0 Å². The fraction of sp³-hybridized carbons (Fsp3) is 0.440. The molecule has 1 N–H and O–H groups in total. The third-order valence-electron chi connectivity index (χ3n) is 5.98. The van der Waals surface area contributed by atoms with Crippen molar-refractivity contribution in [3.63, 3.8) is 0 Å². The fourth-order valence-corrected chi connectivity index (χ4v) is 6.95. The third kappa shape index (κ3) is 6.90. The van der Waals surface area contributed by atoms with Gasteiger partial charge in [-0.05, 0) is 49.2 Å². The van der Waals surface area contributed by atoms with Crippen LogP contribution in [0.2, 0.25) is 9.37 Å². The lowest BCUT2D eigenvalue weighted by atomic mass is 9.95. The van der Waals surface area contributed by atoms with Crippen molar-refractivity contribution in [3.8, 4) is 0 Å².